The van der Waals surface area contributed by atoms with Gasteiger partial charge in [0, 0.05) is 30.5 Å². The Bertz CT molecular complexity index is 690. The van der Waals surface area contributed by atoms with Gasteiger partial charge in [-0.15, -0.1) is 0 Å². The van der Waals surface area contributed by atoms with Gasteiger partial charge in [0.25, 0.3) is 0 Å². The number of hydrogen-bond donors (Lipinski definition) is 2. The summed E-state index contributed by atoms with van der Waals surface area (Å²) in [6.45, 7) is 6.31. The van der Waals surface area contributed by atoms with Crippen LogP contribution in [0.2, 0.25) is 0 Å². The lowest BCUT2D eigenvalue weighted by atomic mass is 10.1. The monoisotopic (exact) mass is 313 g/mol. The number of rotatable bonds is 6. The van der Waals surface area contributed by atoms with E-state index >= 15 is 0 Å². The molecule has 1 atom stereocenters. The Morgan fingerprint density at radius 2 is 2.04 bits per heavy atom. The molecule has 2 aromatic rings. The number of nitrogens with zero attached hydrogens (tertiary/aromatic N) is 2. The summed E-state index contributed by atoms with van der Waals surface area (Å²) in [5.74, 6) is -0.117. The fourth-order valence-corrected chi connectivity index (χ4v) is 2.27. The van der Waals surface area contributed by atoms with Crippen LogP contribution in [0, 0.1) is 19.8 Å². The lowest BCUT2D eigenvalue weighted by Gasteiger charge is -2.07. The average Bonchev–Trinajstić information content (AvgIpc) is 2.85. The van der Waals surface area contributed by atoms with Crippen LogP contribution >= 0.6 is 0 Å². The summed E-state index contributed by atoms with van der Waals surface area (Å²) < 4.78 is 1.88. The van der Waals surface area contributed by atoms with Crippen LogP contribution in [-0.4, -0.2) is 33.9 Å². The number of amides is 1. The van der Waals surface area contributed by atoms with Crippen LogP contribution in [0.25, 0.3) is 11.8 Å². The standard InChI is InChI=1S/C18H23N3O2/c1-13(12-22)11-19-18(23)10-9-17-14(2)20-21(15(17)3)16-7-5-4-6-8-16/h4-10,13,22H,11-12H2,1-3H3,(H,19,23)/b10-9+. The maximum atomic E-state index is 11.8. The van der Waals surface area contributed by atoms with Crippen LogP contribution < -0.4 is 5.32 Å². The van der Waals surface area contributed by atoms with Crippen molar-refractivity contribution >= 4 is 12.0 Å². The number of carbonyl (C=O) groups excluding carboxylic acids is 1. The third kappa shape index (κ3) is 4.29. The minimum absolute atomic E-state index is 0.0525. The van der Waals surface area contributed by atoms with Crippen molar-refractivity contribution in [2.24, 2.45) is 5.92 Å². The zero-order valence-corrected chi connectivity index (χ0v) is 13.8. The Hall–Kier alpha value is -2.40. The van der Waals surface area contributed by atoms with Crippen LogP contribution in [0.1, 0.15) is 23.9 Å². The molecule has 1 aromatic carbocycles. The molecule has 0 aliphatic carbocycles. The van der Waals surface area contributed by atoms with E-state index in [9.17, 15) is 4.79 Å². The second-order valence-corrected chi connectivity index (χ2v) is 5.70. The molecule has 1 heterocycles. The molecule has 5 nitrogen and oxygen atoms in total. The number of aliphatic hydroxyl groups is 1. The van der Waals surface area contributed by atoms with Gasteiger partial charge < -0.3 is 10.4 Å². The first-order valence-corrected chi connectivity index (χ1v) is 7.71. The fraction of sp³-hybridized carbons (Fsp3) is 0.333. The van der Waals surface area contributed by atoms with Crippen molar-refractivity contribution in [3.05, 3.63) is 53.4 Å². The molecule has 1 aromatic heterocycles. The van der Waals surface area contributed by atoms with Crippen molar-refractivity contribution < 1.29 is 9.90 Å². The van der Waals surface area contributed by atoms with Gasteiger partial charge in [0.2, 0.25) is 5.91 Å². The molecule has 1 amide bonds. The Labute approximate surface area is 136 Å². The van der Waals surface area contributed by atoms with E-state index in [1.165, 1.54) is 6.08 Å². The van der Waals surface area contributed by atoms with E-state index in [2.05, 4.69) is 10.4 Å². The maximum Gasteiger partial charge on any atom is 0.244 e. The van der Waals surface area contributed by atoms with Crippen molar-refractivity contribution in [2.75, 3.05) is 13.2 Å². The molecule has 2 rings (SSSR count). The number of para-hydroxylation sites is 1. The average molecular weight is 313 g/mol. The van der Waals surface area contributed by atoms with Gasteiger partial charge in [-0.05, 0) is 38.0 Å². The quantitative estimate of drug-likeness (QED) is 0.804. The first-order chi connectivity index (χ1) is 11.0. The summed E-state index contributed by atoms with van der Waals surface area (Å²) >= 11 is 0. The van der Waals surface area contributed by atoms with E-state index in [1.807, 2.05) is 55.8 Å². The largest absolute Gasteiger partial charge is 0.396 e. The number of aromatic nitrogens is 2. The molecule has 0 fully saturated rings. The molecular weight excluding hydrogens is 290 g/mol. The minimum atomic E-state index is -0.170. The van der Waals surface area contributed by atoms with Crippen molar-refractivity contribution in [1.29, 1.82) is 0 Å². The number of hydrogen-bond acceptors (Lipinski definition) is 3. The van der Waals surface area contributed by atoms with Gasteiger partial charge in [0.1, 0.15) is 0 Å². The third-order valence-electron chi connectivity index (χ3n) is 3.69. The minimum Gasteiger partial charge on any atom is -0.396 e. The highest BCUT2D eigenvalue weighted by Crippen LogP contribution is 2.18. The number of aryl methyl sites for hydroxylation is 1. The number of nitrogens with one attached hydrogen (secondary N) is 1. The highest BCUT2D eigenvalue weighted by Gasteiger charge is 2.10. The van der Waals surface area contributed by atoms with Gasteiger partial charge in [0.15, 0.2) is 0 Å². The SMILES string of the molecule is Cc1nn(-c2ccccc2)c(C)c1/C=C/C(=O)NCC(C)CO. The summed E-state index contributed by atoms with van der Waals surface area (Å²) in [4.78, 5) is 11.8. The molecule has 1 unspecified atom stereocenters. The highest BCUT2D eigenvalue weighted by molar-refractivity contribution is 5.92. The van der Waals surface area contributed by atoms with Crippen molar-refractivity contribution in [3.8, 4) is 5.69 Å². The summed E-state index contributed by atoms with van der Waals surface area (Å²) in [6, 6.07) is 9.90. The lowest BCUT2D eigenvalue weighted by Crippen LogP contribution is -2.27. The van der Waals surface area contributed by atoms with E-state index in [4.69, 9.17) is 5.11 Å². The Balaban J connectivity index is 2.13. The molecule has 0 aliphatic heterocycles. The number of benzene rings is 1. The fourth-order valence-electron chi connectivity index (χ4n) is 2.27. The summed E-state index contributed by atoms with van der Waals surface area (Å²) in [7, 11) is 0. The molecule has 0 bridgehead atoms. The van der Waals surface area contributed by atoms with Gasteiger partial charge in [-0.3, -0.25) is 4.79 Å². The molecule has 122 valence electrons. The van der Waals surface area contributed by atoms with E-state index in [-0.39, 0.29) is 18.4 Å². The summed E-state index contributed by atoms with van der Waals surface area (Å²) in [5, 5.41) is 16.3. The predicted octanol–water partition coefficient (Wildman–Crippen LogP) is 2.25. The Kier molecular flexibility index (Phi) is 5.71. The topological polar surface area (TPSA) is 67.2 Å². The van der Waals surface area contributed by atoms with Crippen molar-refractivity contribution in [1.82, 2.24) is 15.1 Å². The molecule has 2 N–H and O–H groups in total. The van der Waals surface area contributed by atoms with Crippen LogP contribution in [-0.2, 0) is 4.79 Å². The maximum absolute atomic E-state index is 11.8. The van der Waals surface area contributed by atoms with E-state index in [0.29, 0.717) is 6.54 Å². The highest BCUT2D eigenvalue weighted by atomic mass is 16.3. The van der Waals surface area contributed by atoms with Gasteiger partial charge in [-0.1, -0.05) is 25.1 Å². The Morgan fingerprint density at radius 1 is 1.35 bits per heavy atom. The van der Waals surface area contributed by atoms with Gasteiger partial charge in [0.05, 0.1) is 11.4 Å². The summed E-state index contributed by atoms with van der Waals surface area (Å²) in [6.07, 6.45) is 3.30. The third-order valence-corrected chi connectivity index (χ3v) is 3.69. The van der Waals surface area contributed by atoms with E-state index in [0.717, 1.165) is 22.6 Å². The van der Waals surface area contributed by atoms with E-state index < -0.39 is 0 Å². The van der Waals surface area contributed by atoms with Crippen LogP contribution in [0.15, 0.2) is 36.4 Å². The van der Waals surface area contributed by atoms with Crippen LogP contribution in [0.4, 0.5) is 0 Å². The molecule has 0 aliphatic rings. The first kappa shape index (κ1) is 17.0. The summed E-state index contributed by atoms with van der Waals surface area (Å²) in [5.41, 5.74) is 3.80. The van der Waals surface area contributed by atoms with E-state index in [1.54, 1.807) is 6.08 Å². The molecule has 0 spiro atoms. The van der Waals surface area contributed by atoms with Crippen LogP contribution in [0.5, 0.6) is 0 Å². The number of aliphatic hydroxyl groups excluding tert-OH is 1. The lowest BCUT2D eigenvalue weighted by molar-refractivity contribution is -0.116. The normalized spacial score (nSPS) is 12.5. The predicted molar refractivity (Wildman–Crippen MR) is 91.3 cm³/mol. The molecule has 23 heavy (non-hydrogen) atoms. The smallest absolute Gasteiger partial charge is 0.244 e. The molecular formula is C18H23N3O2. The zero-order valence-electron chi connectivity index (χ0n) is 13.8. The molecule has 0 radical (unpaired) electrons. The second kappa shape index (κ2) is 7.74. The van der Waals surface area contributed by atoms with Crippen molar-refractivity contribution in [2.45, 2.75) is 20.8 Å². The van der Waals surface area contributed by atoms with Gasteiger partial charge in [-0.25, -0.2) is 4.68 Å². The molecule has 5 heteroatoms. The van der Waals surface area contributed by atoms with Crippen LogP contribution in [0.3, 0.4) is 0 Å². The first-order valence-electron chi connectivity index (χ1n) is 7.71. The number of carbonyl (C=O) groups is 1. The molecule has 0 saturated carbocycles. The zero-order chi connectivity index (χ0) is 16.8. The second-order valence-electron chi connectivity index (χ2n) is 5.70. The van der Waals surface area contributed by atoms with Crippen molar-refractivity contribution in [3.63, 3.8) is 0 Å². The molecule has 0 saturated heterocycles. The van der Waals surface area contributed by atoms with Gasteiger partial charge in [-0.2, -0.15) is 5.10 Å². The Morgan fingerprint density at radius 3 is 2.70 bits per heavy atom. The van der Waals surface area contributed by atoms with Gasteiger partial charge >= 0.3 is 0 Å².